The minimum atomic E-state index is -0.105. The largest absolute Gasteiger partial charge is 0.492 e. The first-order valence-electron chi connectivity index (χ1n) is 10.5. The molecule has 1 N–H and O–H groups in total. The minimum absolute atomic E-state index is 0.105. The second-order valence-electron chi connectivity index (χ2n) is 7.59. The van der Waals surface area contributed by atoms with Crippen molar-refractivity contribution in [3.05, 3.63) is 65.2 Å². The molecule has 0 atom stereocenters. The van der Waals surface area contributed by atoms with Crippen LogP contribution < -0.4 is 10.1 Å². The first-order valence-corrected chi connectivity index (χ1v) is 10.5. The molecule has 0 spiro atoms. The third-order valence-electron chi connectivity index (χ3n) is 5.44. The van der Waals surface area contributed by atoms with E-state index in [1.165, 1.54) is 0 Å². The molecule has 1 aliphatic heterocycles. The second-order valence-corrected chi connectivity index (χ2v) is 7.59. The standard InChI is InChI=1S/C24H32N2O4/c1-26(21-10-13-29-14-11-21)12-15-30-22-8-5-6-19(16-22)17-25-24(27)23-9-4-3-7-20(23)18-28-2/h3-9,16,21H,10-15,17-18H2,1-2H3,(H,25,27). The fraction of sp³-hybridized carbons (Fsp3) is 0.458. The van der Waals surface area contributed by atoms with Gasteiger partial charge in [-0.2, -0.15) is 0 Å². The van der Waals surface area contributed by atoms with Crippen LogP contribution in [0.3, 0.4) is 0 Å². The van der Waals surface area contributed by atoms with E-state index < -0.39 is 0 Å². The fourth-order valence-corrected chi connectivity index (χ4v) is 3.66. The first-order chi connectivity index (χ1) is 14.7. The van der Waals surface area contributed by atoms with E-state index in [0.29, 0.717) is 31.4 Å². The Hall–Kier alpha value is -2.41. The molecule has 0 unspecified atom stereocenters. The SMILES string of the molecule is COCc1ccccc1C(=O)NCc1cccc(OCCN(C)C2CCOCC2)c1. The monoisotopic (exact) mass is 412 g/mol. The zero-order valence-corrected chi connectivity index (χ0v) is 17.9. The maximum Gasteiger partial charge on any atom is 0.251 e. The number of nitrogens with zero attached hydrogens (tertiary/aromatic N) is 1. The van der Waals surface area contributed by atoms with Crippen molar-refractivity contribution in [1.29, 1.82) is 0 Å². The van der Waals surface area contributed by atoms with Crippen molar-refractivity contribution in [2.24, 2.45) is 0 Å². The van der Waals surface area contributed by atoms with Crippen LogP contribution in [0.25, 0.3) is 0 Å². The van der Waals surface area contributed by atoms with Crippen LogP contribution in [0.2, 0.25) is 0 Å². The highest BCUT2D eigenvalue weighted by Crippen LogP contribution is 2.16. The predicted molar refractivity (Wildman–Crippen MR) is 117 cm³/mol. The number of benzene rings is 2. The van der Waals surface area contributed by atoms with Gasteiger partial charge in [0.1, 0.15) is 12.4 Å². The van der Waals surface area contributed by atoms with Crippen LogP contribution in [0.15, 0.2) is 48.5 Å². The maximum absolute atomic E-state index is 12.6. The molecule has 2 aromatic rings. The van der Waals surface area contributed by atoms with E-state index in [1.54, 1.807) is 7.11 Å². The lowest BCUT2D eigenvalue weighted by Gasteiger charge is -2.31. The highest BCUT2D eigenvalue weighted by Gasteiger charge is 2.18. The van der Waals surface area contributed by atoms with Crippen molar-refractivity contribution < 1.29 is 19.0 Å². The van der Waals surface area contributed by atoms with Gasteiger partial charge in [0.05, 0.1) is 6.61 Å². The predicted octanol–water partition coefficient (Wildman–Crippen LogP) is 3.25. The summed E-state index contributed by atoms with van der Waals surface area (Å²) in [5.41, 5.74) is 2.52. The average molecular weight is 413 g/mol. The molecule has 0 bridgehead atoms. The average Bonchev–Trinajstić information content (AvgIpc) is 2.79. The molecule has 0 saturated carbocycles. The lowest BCUT2D eigenvalue weighted by molar-refractivity contribution is 0.0392. The van der Waals surface area contributed by atoms with Crippen LogP contribution in [0, 0.1) is 0 Å². The van der Waals surface area contributed by atoms with Gasteiger partial charge in [-0.1, -0.05) is 30.3 Å². The second kappa shape index (κ2) is 11.7. The van der Waals surface area contributed by atoms with Gasteiger partial charge in [-0.3, -0.25) is 9.69 Å². The Bertz CT molecular complexity index is 805. The number of likely N-dealkylation sites (N-methyl/N-ethyl adjacent to an activating group) is 1. The molecule has 1 heterocycles. The Morgan fingerprint density at radius 3 is 2.77 bits per heavy atom. The fourth-order valence-electron chi connectivity index (χ4n) is 3.66. The number of hydrogen-bond acceptors (Lipinski definition) is 5. The van der Waals surface area contributed by atoms with Gasteiger partial charge in [0.25, 0.3) is 5.91 Å². The molecule has 1 aliphatic rings. The molecule has 1 fully saturated rings. The van der Waals surface area contributed by atoms with Gasteiger partial charge in [-0.15, -0.1) is 0 Å². The molecule has 30 heavy (non-hydrogen) atoms. The lowest BCUT2D eigenvalue weighted by Crippen LogP contribution is -2.38. The molecular weight excluding hydrogens is 380 g/mol. The Kier molecular flexibility index (Phi) is 8.68. The summed E-state index contributed by atoms with van der Waals surface area (Å²) in [5.74, 6) is 0.717. The summed E-state index contributed by atoms with van der Waals surface area (Å²) in [7, 11) is 3.77. The smallest absolute Gasteiger partial charge is 0.251 e. The Labute approximate surface area is 179 Å². The van der Waals surface area contributed by atoms with Crippen LogP contribution in [0.4, 0.5) is 0 Å². The summed E-state index contributed by atoms with van der Waals surface area (Å²) in [6.07, 6.45) is 2.17. The molecule has 6 nitrogen and oxygen atoms in total. The number of carbonyl (C=O) groups excluding carboxylic acids is 1. The highest BCUT2D eigenvalue weighted by molar-refractivity contribution is 5.95. The van der Waals surface area contributed by atoms with Gasteiger partial charge in [0.2, 0.25) is 0 Å². The minimum Gasteiger partial charge on any atom is -0.492 e. The van der Waals surface area contributed by atoms with Crippen LogP contribution >= 0.6 is 0 Å². The summed E-state index contributed by atoms with van der Waals surface area (Å²) in [5, 5.41) is 2.99. The molecule has 1 amide bonds. The van der Waals surface area contributed by atoms with Gasteiger partial charge in [0, 0.05) is 45.0 Å². The van der Waals surface area contributed by atoms with Crippen molar-refractivity contribution in [3.8, 4) is 5.75 Å². The number of hydrogen-bond donors (Lipinski definition) is 1. The number of carbonyl (C=O) groups is 1. The van der Waals surface area contributed by atoms with E-state index in [4.69, 9.17) is 14.2 Å². The topological polar surface area (TPSA) is 60.0 Å². The van der Waals surface area contributed by atoms with E-state index in [2.05, 4.69) is 17.3 Å². The molecule has 3 rings (SSSR count). The molecule has 1 saturated heterocycles. The highest BCUT2D eigenvalue weighted by atomic mass is 16.5. The van der Waals surface area contributed by atoms with Crippen LogP contribution in [-0.4, -0.2) is 57.4 Å². The van der Waals surface area contributed by atoms with E-state index in [0.717, 1.165) is 49.5 Å². The molecule has 6 heteroatoms. The van der Waals surface area contributed by atoms with Gasteiger partial charge in [-0.05, 0) is 49.2 Å². The molecule has 162 valence electrons. The first kappa shape index (κ1) is 22.3. The zero-order chi connectivity index (χ0) is 21.2. The van der Waals surface area contributed by atoms with Gasteiger partial charge >= 0.3 is 0 Å². The molecule has 0 aliphatic carbocycles. The summed E-state index contributed by atoms with van der Waals surface area (Å²) < 4.78 is 16.6. The molecule has 0 radical (unpaired) electrons. The number of methoxy groups -OCH3 is 1. The van der Waals surface area contributed by atoms with E-state index in [-0.39, 0.29) is 5.91 Å². The van der Waals surface area contributed by atoms with Gasteiger partial charge in [-0.25, -0.2) is 0 Å². The van der Waals surface area contributed by atoms with Crippen molar-refractivity contribution in [2.45, 2.75) is 32.0 Å². The Morgan fingerprint density at radius 1 is 1.17 bits per heavy atom. The molecule has 0 aromatic heterocycles. The number of nitrogens with one attached hydrogen (secondary N) is 1. The Balaban J connectivity index is 1.47. The van der Waals surface area contributed by atoms with Crippen LogP contribution in [0.5, 0.6) is 5.75 Å². The summed E-state index contributed by atoms with van der Waals surface area (Å²) in [4.78, 5) is 14.9. The third kappa shape index (κ3) is 6.55. The lowest BCUT2D eigenvalue weighted by atomic mass is 10.1. The third-order valence-corrected chi connectivity index (χ3v) is 5.44. The van der Waals surface area contributed by atoms with E-state index in [1.807, 2.05) is 48.5 Å². The quantitative estimate of drug-likeness (QED) is 0.649. The Morgan fingerprint density at radius 2 is 1.97 bits per heavy atom. The number of amides is 1. The van der Waals surface area contributed by atoms with Crippen molar-refractivity contribution in [2.75, 3.05) is 40.5 Å². The summed E-state index contributed by atoms with van der Waals surface area (Å²) >= 11 is 0. The molecule has 2 aromatic carbocycles. The van der Waals surface area contributed by atoms with E-state index >= 15 is 0 Å². The van der Waals surface area contributed by atoms with Gasteiger partial charge in [0.15, 0.2) is 0 Å². The van der Waals surface area contributed by atoms with Crippen molar-refractivity contribution in [1.82, 2.24) is 10.2 Å². The van der Waals surface area contributed by atoms with Crippen LogP contribution in [0.1, 0.15) is 34.3 Å². The van der Waals surface area contributed by atoms with Crippen molar-refractivity contribution >= 4 is 5.91 Å². The summed E-state index contributed by atoms with van der Waals surface area (Å²) in [6, 6.07) is 15.9. The van der Waals surface area contributed by atoms with E-state index in [9.17, 15) is 4.79 Å². The number of rotatable bonds is 10. The number of ether oxygens (including phenoxy) is 3. The maximum atomic E-state index is 12.6. The normalized spacial score (nSPS) is 14.6. The molecular formula is C24H32N2O4. The van der Waals surface area contributed by atoms with Gasteiger partial charge < -0.3 is 19.5 Å². The zero-order valence-electron chi connectivity index (χ0n) is 17.9. The van der Waals surface area contributed by atoms with Crippen LogP contribution in [-0.2, 0) is 22.6 Å². The summed E-state index contributed by atoms with van der Waals surface area (Å²) in [6.45, 7) is 4.06. The van der Waals surface area contributed by atoms with Crippen molar-refractivity contribution in [3.63, 3.8) is 0 Å².